The highest BCUT2D eigenvalue weighted by Crippen LogP contribution is 2.42. The summed E-state index contributed by atoms with van der Waals surface area (Å²) in [6.07, 6.45) is 0.864. The van der Waals surface area contributed by atoms with Gasteiger partial charge in [0.2, 0.25) is 5.91 Å². The summed E-state index contributed by atoms with van der Waals surface area (Å²) < 4.78 is 0.960. The second kappa shape index (κ2) is 5.62. The minimum absolute atomic E-state index is 0.0676. The predicted octanol–water partition coefficient (Wildman–Crippen LogP) is 1.01. The van der Waals surface area contributed by atoms with Crippen LogP contribution >= 0.6 is 23.1 Å². The van der Waals surface area contributed by atoms with E-state index in [0.717, 1.165) is 16.3 Å². The number of hydrogen-bond donors (Lipinski definition) is 2. The fraction of sp³-hybridized carbons (Fsp3) is 0.364. The number of guanidine groups is 1. The summed E-state index contributed by atoms with van der Waals surface area (Å²) in [5.41, 5.74) is 11.2. The summed E-state index contributed by atoms with van der Waals surface area (Å²) in [5.74, 6) is -0.254. The lowest BCUT2D eigenvalue weighted by atomic mass is 10.3. The zero-order valence-electron chi connectivity index (χ0n) is 10.4. The van der Waals surface area contributed by atoms with Gasteiger partial charge in [-0.05, 0) is 12.5 Å². The summed E-state index contributed by atoms with van der Waals surface area (Å²) >= 11 is 2.77. The number of anilines is 1. The Balaban J connectivity index is 2.34. The molecule has 1 aromatic heterocycles. The molecule has 19 heavy (non-hydrogen) atoms. The van der Waals surface area contributed by atoms with Crippen LogP contribution in [0, 0.1) is 0 Å². The average Bonchev–Trinajstić information content (AvgIpc) is 2.76. The minimum atomic E-state index is -0.469. The van der Waals surface area contributed by atoms with E-state index in [9.17, 15) is 9.59 Å². The number of amides is 2. The van der Waals surface area contributed by atoms with Crippen molar-refractivity contribution in [2.24, 2.45) is 16.5 Å². The number of nitrogens with zero attached hydrogens (tertiary/aromatic N) is 2. The van der Waals surface area contributed by atoms with E-state index < -0.39 is 5.91 Å². The highest BCUT2D eigenvalue weighted by atomic mass is 32.2. The second-order valence-corrected chi connectivity index (χ2v) is 6.26. The average molecular weight is 298 g/mol. The number of thiophene rings is 1. The lowest BCUT2D eigenvalue weighted by Crippen LogP contribution is -2.35. The van der Waals surface area contributed by atoms with Crippen molar-refractivity contribution in [3.63, 3.8) is 0 Å². The van der Waals surface area contributed by atoms with Crippen LogP contribution in [0.3, 0.4) is 0 Å². The van der Waals surface area contributed by atoms with Crippen molar-refractivity contribution in [3.8, 4) is 0 Å². The van der Waals surface area contributed by atoms with Gasteiger partial charge in [0.05, 0.1) is 20.5 Å². The molecule has 0 aliphatic carbocycles. The first kappa shape index (κ1) is 13.9. The van der Waals surface area contributed by atoms with Crippen molar-refractivity contribution in [2.75, 3.05) is 17.2 Å². The van der Waals surface area contributed by atoms with Gasteiger partial charge in [-0.15, -0.1) is 23.1 Å². The number of fused-ring (bicyclic) bond motifs is 1. The fourth-order valence-electron chi connectivity index (χ4n) is 1.74. The molecule has 1 aliphatic rings. The molecule has 8 heteroatoms. The summed E-state index contributed by atoms with van der Waals surface area (Å²) in [6.45, 7) is 2.66. The first-order valence-electron chi connectivity index (χ1n) is 5.74. The van der Waals surface area contributed by atoms with E-state index in [1.807, 2.05) is 6.92 Å². The number of carbonyl (C=O) groups excluding carboxylic acids is 2. The molecule has 0 saturated heterocycles. The maximum Gasteiger partial charge on any atom is 0.290 e. The van der Waals surface area contributed by atoms with Crippen molar-refractivity contribution in [1.29, 1.82) is 0 Å². The Morgan fingerprint density at radius 3 is 2.89 bits per heavy atom. The third kappa shape index (κ3) is 2.90. The molecular formula is C11H14N4O2S2. The van der Waals surface area contributed by atoms with E-state index in [4.69, 9.17) is 11.5 Å². The first-order valence-corrected chi connectivity index (χ1v) is 7.54. The Hall–Kier alpha value is -1.54. The molecule has 1 aliphatic heterocycles. The van der Waals surface area contributed by atoms with Gasteiger partial charge in [-0.2, -0.15) is 4.99 Å². The van der Waals surface area contributed by atoms with E-state index in [1.165, 1.54) is 23.1 Å². The third-order valence-electron chi connectivity index (χ3n) is 2.49. The molecule has 0 unspecified atom stereocenters. The molecule has 0 fully saturated rings. The summed E-state index contributed by atoms with van der Waals surface area (Å²) in [6, 6.07) is 1.69. The van der Waals surface area contributed by atoms with Crippen LogP contribution in [0.4, 0.5) is 5.69 Å². The van der Waals surface area contributed by atoms with E-state index in [2.05, 4.69) is 4.99 Å². The van der Waals surface area contributed by atoms with Crippen LogP contribution in [-0.4, -0.2) is 30.1 Å². The van der Waals surface area contributed by atoms with Gasteiger partial charge in [0.15, 0.2) is 5.96 Å². The number of rotatable bonds is 3. The Bertz CT molecular complexity index is 549. The van der Waals surface area contributed by atoms with Crippen LogP contribution < -0.4 is 16.4 Å². The van der Waals surface area contributed by atoms with Crippen molar-refractivity contribution >= 4 is 46.6 Å². The molecule has 2 amide bonds. The minimum Gasteiger partial charge on any atom is -0.370 e. The third-order valence-corrected chi connectivity index (χ3v) is 4.86. The zero-order valence-corrected chi connectivity index (χ0v) is 12.0. The molecule has 102 valence electrons. The molecule has 1 aromatic rings. The molecule has 0 radical (unpaired) electrons. The predicted molar refractivity (Wildman–Crippen MR) is 77.8 cm³/mol. The maximum atomic E-state index is 11.9. The van der Waals surface area contributed by atoms with Gasteiger partial charge in [0, 0.05) is 6.54 Å². The van der Waals surface area contributed by atoms with Crippen molar-refractivity contribution in [2.45, 2.75) is 17.6 Å². The molecule has 0 atom stereocenters. The Kier molecular flexibility index (Phi) is 4.11. The SMILES string of the molecule is CCCN1C(=O)CSc2sc(C(=O)N=C(N)N)cc21. The van der Waals surface area contributed by atoms with Gasteiger partial charge in [0.25, 0.3) is 5.91 Å². The Morgan fingerprint density at radius 1 is 1.53 bits per heavy atom. The smallest absolute Gasteiger partial charge is 0.290 e. The van der Waals surface area contributed by atoms with Crippen molar-refractivity contribution < 1.29 is 9.59 Å². The standard InChI is InChI=1S/C11H14N4O2S2/c1-2-3-15-6-4-7(9(17)14-11(12)13)19-10(6)18-5-8(15)16/h4H,2-3,5H2,1H3,(H4,12,13,14,17). The van der Waals surface area contributed by atoms with Crippen LogP contribution in [0.25, 0.3) is 0 Å². The van der Waals surface area contributed by atoms with Crippen LogP contribution in [0.1, 0.15) is 23.0 Å². The van der Waals surface area contributed by atoms with E-state index in [0.29, 0.717) is 17.2 Å². The molecule has 0 aromatic carbocycles. The summed E-state index contributed by atoms with van der Waals surface area (Å²) in [4.78, 5) is 29.3. The molecule has 0 bridgehead atoms. The topological polar surface area (TPSA) is 102 Å². The van der Waals surface area contributed by atoms with E-state index >= 15 is 0 Å². The molecule has 2 heterocycles. The maximum absolute atomic E-state index is 11.9. The van der Waals surface area contributed by atoms with Gasteiger partial charge in [-0.25, -0.2) is 0 Å². The quantitative estimate of drug-likeness (QED) is 0.640. The van der Waals surface area contributed by atoms with Crippen LogP contribution in [0.15, 0.2) is 15.3 Å². The van der Waals surface area contributed by atoms with Gasteiger partial charge >= 0.3 is 0 Å². The largest absolute Gasteiger partial charge is 0.370 e. The number of hydrogen-bond acceptors (Lipinski definition) is 4. The number of thioether (sulfide) groups is 1. The molecule has 4 N–H and O–H groups in total. The first-order chi connectivity index (χ1) is 9.02. The lowest BCUT2D eigenvalue weighted by Gasteiger charge is -2.25. The molecule has 2 rings (SSSR count). The monoisotopic (exact) mass is 298 g/mol. The number of aliphatic imine (C=N–C) groups is 1. The van der Waals surface area contributed by atoms with Gasteiger partial charge in [-0.1, -0.05) is 6.92 Å². The molecule has 0 saturated carbocycles. The van der Waals surface area contributed by atoms with Gasteiger partial charge in [-0.3, -0.25) is 9.59 Å². The van der Waals surface area contributed by atoms with Crippen LogP contribution in [0.2, 0.25) is 0 Å². The number of carbonyl (C=O) groups is 2. The fourth-order valence-corrected chi connectivity index (χ4v) is 3.93. The van der Waals surface area contributed by atoms with E-state index in [1.54, 1.807) is 11.0 Å². The highest BCUT2D eigenvalue weighted by Gasteiger charge is 2.27. The number of nitrogens with two attached hydrogens (primary N) is 2. The van der Waals surface area contributed by atoms with Crippen LogP contribution in [0.5, 0.6) is 0 Å². The second-order valence-electron chi connectivity index (χ2n) is 3.96. The molecular weight excluding hydrogens is 284 g/mol. The van der Waals surface area contributed by atoms with Crippen molar-refractivity contribution in [1.82, 2.24) is 0 Å². The highest BCUT2D eigenvalue weighted by molar-refractivity contribution is 8.02. The van der Waals surface area contributed by atoms with E-state index in [-0.39, 0.29) is 11.9 Å². The van der Waals surface area contributed by atoms with Crippen molar-refractivity contribution in [3.05, 3.63) is 10.9 Å². The molecule has 6 nitrogen and oxygen atoms in total. The van der Waals surface area contributed by atoms with Gasteiger partial charge < -0.3 is 16.4 Å². The normalized spacial score (nSPS) is 14.2. The molecule has 0 spiro atoms. The van der Waals surface area contributed by atoms with Gasteiger partial charge in [0.1, 0.15) is 0 Å². The van der Waals surface area contributed by atoms with Crippen LogP contribution in [-0.2, 0) is 4.79 Å². The zero-order chi connectivity index (χ0) is 14.0. The lowest BCUT2D eigenvalue weighted by molar-refractivity contribution is -0.116. The Morgan fingerprint density at radius 2 is 2.26 bits per heavy atom. The Labute approximate surface area is 118 Å². The summed E-state index contributed by atoms with van der Waals surface area (Å²) in [5, 5.41) is 0. The summed E-state index contributed by atoms with van der Waals surface area (Å²) in [7, 11) is 0.